The Bertz CT molecular complexity index is 653. The minimum absolute atomic E-state index is 0.0590. The van der Waals surface area contributed by atoms with Crippen molar-refractivity contribution in [2.45, 2.75) is 64.1 Å². The average molecular weight is 364 g/mol. The third-order valence-electron chi connectivity index (χ3n) is 5.72. The molecule has 6 heteroatoms. The summed E-state index contributed by atoms with van der Waals surface area (Å²) < 4.78 is 23.4. The Balaban J connectivity index is 2.00. The summed E-state index contributed by atoms with van der Waals surface area (Å²) in [4.78, 5) is 24.5. The monoisotopic (exact) mass is 364 g/mol. The van der Waals surface area contributed by atoms with E-state index in [1.807, 2.05) is 26.0 Å². The van der Waals surface area contributed by atoms with E-state index in [1.165, 1.54) is 0 Å². The second-order valence-corrected chi connectivity index (χ2v) is 8.14. The van der Waals surface area contributed by atoms with Crippen molar-refractivity contribution in [1.82, 2.24) is 0 Å². The van der Waals surface area contributed by atoms with E-state index in [-0.39, 0.29) is 23.7 Å². The standard InChI is InChI=1S/C20H28O6/c1-11(2)17(21)25-15-10-19(5)7-8-20(23-6,26-19)12(3)9-14-16(15)13(4)18(22)24-14/h7-8,11-12,14-16H,4,9-10H2,1-3,5-6H3/t12?,14-,15-,16-,19+,20+/m1/s1. The Kier molecular flexibility index (Phi) is 4.78. The van der Waals surface area contributed by atoms with Gasteiger partial charge in [0, 0.05) is 25.0 Å². The van der Waals surface area contributed by atoms with Crippen LogP contribution in [0, 0.1) is 17.8 Å². The van der Waals surface area contributed by atoms with Crippen molar-refractivity contribution >= 4 is 11.9 Å². The molecule has 6 atom stereocenters. The molecule has 0 saturated carbocycles. The van der Waals surface area contributed by atoms with Crippen molar-refractivity contribution in [3.8, 4) is 0 Å². The molecule has 2 fully saturated rings. The molecule has 2 saturated heterocycles. The molecule has 0 aromatic rings. The summed E-state index contributed by atoms with van der Waals surface area (Å²) in [6, 6.07) is 0. The van der Waals surface area contributed by atoms with E-state index < -0.39 is 29.6 Å². The first-order valence-corrected chi connectivity index (χ1v) is 9.17. The molecule has 3 rings (SSSR count). The molecule has 26 heavy (non-hydrogen) atoms. The van der Waals surface area contributed by atoms with Crippen LogP contribution in [0.15, 0.2) is 24.3 Å². The fourth-order valence-electron chi connectivity index (χ4n) is 4.16. The quantitative estimate of drug-likeness (QED) is 0.436. The van der Waals surface area contributed by atoms with Gasteiger partial charge in [0.1, 0.15) is 12.2 Å². The van der Waals surface area contributed by atoms with Gasteiger partial charge in [0.25, 0.3) is 0 Å². The zero-order valence-electron chi connectivity index (χ0n) is 16.1. The van der Waals surface area contributed by atoms with Gasteiger partial charge in [-0.3, -0.25) is 4.79 Å². The molecule has 0 N–H and O–H groups in total. The molecule has 0 spiro atoms. The fraction of sp³-hybridized carbons (Fsp3) is 0.700. The van der Waals surface area contributed by atoms with Crippen LogP contribution >= 0.6 is 0 Å². The van der Waals surface area contributed by atoms with Gasteiger partial charge in [0.15, 0.2) is 5.79 Å². The summed E-state index contributed by atoms with van der Waals surface area (Å²) in [5, 5.41) is 0. The Labute approximate surface area is 154 Å². The van der Waals surface area contributed by atoms with Gasteiger partial charge in [-0.05, 0) is 19.4 Å². The third kappa shape index (κ3) is 3.09. The van der Waals surface area contributed by atoms with Crippen molar-refractivity contribution < 1.29 is 28.5 Å². The Morgan fingerprint density at radius 3 is 2.69 bits per heavy atom. The molecule has 3 heterocycles. The Hall–Kier alpha value is -1.66. The lowest BCUT2D eigenvalue weighted by Gasteiger charge is -2.36. The van der Waals surface area contributed by atoms with Gasteiger partial charge in [0.2, 0.25) is 0 Å². The van der Waals surface area contributed by atoms with Crippen molar-refractivity contribution in [3.05, 3.63) is 24.3 Å². The predicted molar refractivity (Wildman–Crippen MR) is 94.0 cm³/mol. The maximum Gasteiger partial charge on any atom is 0.334 e. The van der Waals surface area contributed by atoms with Crippen LogP contribution in [0.5, 0.6) is 0 Å². The molecular weight excluding hydrogens is 336 g/mol. The number of carbonyl (C=O) groups is 2. The lowest BCUT2D eigenvalue weighted by atomic mass is 9.80. The normalized spacial score (nSPS) is 42.1. The van der Waals surface area contributed by atoms with Crippen LogP contribution in [0.2, 0.25) is 0 Å². The summed E-state index contributed by atoms with van der Waals surface area (Å²) >= 11 is 0. The Morgan fingerprint density at radius 1 is 1.38 bits per heavy atom. The highest BCUT2D eigenvalue weighted by atomic mass is 16.7. The van der Waals surface area contributed by atoms with E-state index in [0.717, 1.165) is 0 Å². The van der Waals surface area contributed by atoms with Crippen LogP contribution in [-0.2, 0) is 28.5 Å². The average Bonchev–Trinajstić information content (AvgIpc) is 3.05. The van der Waals surface area contributed by atoms with Gasteiger partial charge in [-0.15, -0.1) is 0 Å². The van der Waals surface area contributed by atoms with Crippen molar-refractivity contribution in [1.29, 1.82) is 0 Å². The number of ether oxygens (including phenoxy) is 4. The number of methoxy groups -OCH3 is 1. The van der Waals surface area contributed by atoms with Crippen molar-refractivity contribution in [3.63, 3.8) is 0 Å². The summed E-state index contributed by atoms with van der Waals surface area (Å²) in [6.45, 7) is 11.4. The third-order valence-corrected chi connectivity index (χ3v) is 5.72. The number of fused-ring (bicyclic) bond motifs is 3. The second kappa shape index (κ2) is 6.50. The van der Waals surface area contributed by atoms with Gasteiger partial charge in [0.05, 0.1) is 17.4 Å². The number of hydrogen-bond donors (Lipinski definition) is 0. The number of hydrogen-bond acceptors (Lipinski definition) is 6. The molecule has 0 aromatic carbocycles. The maximum absolute atomic E-state index is 12.3. The van der Waals surface area contributed by atoms with Crippen LogP contribution in [0.25, 0.3) is 0 Å². The molecule has 6 nitrogen and oxygen atoms in total. The van der Waals surface area contributed by atoms with Crippen LogP contribution in [0.1, 0.15) is 40.5 Å². The van der Waals surface area contributed by atoms with Crippen LogP contribution in [0.4, 0.5) is 0 Å². The van der Waals surface area contributed by atoms with Gasteiger partial charge >= 0.3 is 11.9 Å². The minimum atomic E-state index is -0.882. The first kappa shape index (κ1) is 19.1. The number of carbonyl (C=O) groups excluding carboxylic acids is 2. The molecule has 1 unspecified atom stereocenters. The molecule has 0 aromatic heterocycles. The minimum Gasteiger partial charge on any atom is -0.461 e. The SMILES string of the molecule is C=C1C(=O)O[C@@H]2CC(C)[C@]3(OC)C=C[C@@](C)(C[C@@H](OC(=O)C(C)C)[C@H]12)O3. The van der Waals surface area contributed by atoms with E-state index in [4.69, 9.17) is 18.9 Å². The summed E-state index contributed by atoms with van der Waals surface area (Å²) in [5.74, 6) is -2.32. The summed E-state index contributed by atoms with van der Waals surface area (Å²) in [7, 11) is 1.61. The molecule has 3 aliphatic rings. The van der Waals surface area contributed by atoms with Gasteiger partial charge in [-0.1, -0.05) is 33.4 Å². The largest absolute Gasteiger partial charge is 0.461 e. The first-order chi connectivity index (χ1) is 12.1. The number of esters is 2. The topological polar surface area (TPSA) is 71.1 Å². The maximum atomic E-state index is 12.3. The smallest absolute Gasteiger partial charge is 0.334 e. The molecule has 3 aliphatic heterocycles. The molecule has 0 radical (unpaired) electrons. The van der Waals surface area contributed by atoms with Crippen LogP contribution in [0.3, 0.4) is 0 Å². The summed E-state index contributed by atoms with van der Waals surface area (Å²) in [5.41, 5.74) is -0.312. The lowest BCUT2D eigenvalue weighted by Crippen LogP contribution is -2.43. The molecule has 0 aliphatic carbocycles. The van der Waals surface area contributed by atoms with E-state index in [2.05, 4.69) is 6.58 Å². The highest BCUT2D eigenvalue weighted by Gasteiger charge is 2.55. The first-order valence-electron chi connectivity index (χ1n) is 9.17. The fourth-order valence-corrected chi connectivity index (χ4v) is 4.16. The highest BCUT2D eigenvalue weighted by Crippen LogP contribution is 2.47. The van der Waals surface area contributed by atoms with Gasteiger partial charge in [-0.25, -0.2) is 4.79 Å². The van der Waals surface area contributed by atoms with E-state index in [0.29, 0.717) is 18.4 Å². The molecule has 2 bridgehead atoms. The van der Waals surface area contributed by atoms with E-state index in [1.54, 1.807) is 21.0 Å². The molecule has 0 amide bonds. The van der Waals surface area contributed by atoms with Crippen molar-refractivity contribution in [2.75, 3.05) is 7.11 Å². The van der Waals surface area contributed by atoms with Crippen LogP contribution < -0.4 is 0 Å². The van der Waals surface area contributed by atoms with Gasteiger partial charge < -0.3 is 18.9 Å². The zero-order chi connectivity index (χ0) is 19.3. The Morgan fingerprint density at radius 2 is 2.08 bits per heavy atom. The predicted octanol–water partition coefficient (Wildman–Crippen LogP) is 2.77. The van der Waals surface area contributed by atoms with Gasteiger partial charge in [-0.2, -0.15) is 0 Å². The zero-order valence-corrected chi connectivity index (χ0v) is 16.1. The van der Waals surface area contributed by atoms with Crippen molar-refractivity contribution in [2.24, 2.45) is 17.8 Å². The van der Waals surface area contributed by atoms with E-state index in [9.17, 15) is 9.59 Å². The lowest BCUT2D eigenvalue weighted by molar-refractivity contribution is -0.249. The highest BCUT2D eigenvalue weighted by molar-refractivity contribution is 5.91. The summed E-state index contributed by atoms with van der Waals surface area (Å²) in [6.07, 6.45) is 3.84. The molecular formula is C20H28O6. The molecule has 144 valence electrons. The van der Waals surface area contributed by atoms with E-state index >= 15 is 0 Å². The van der Waals surface area contributed by atoms with Crippen LogP contribution in [-0.4, -0.2) is 42.6 Å². The second-order valence-electron chi connectivity index (χ2n) is 8.14. The number of rotatable bonds is 3.